The first-order chi connectivity index (χ1) is 9.54. The Kier molecular flexibility index (Phi) is 4.76. The van der Waals surface area contributed by atoms with E-state index in [2.05, 4.69) is 5.32 Å². The number of amides is 1. The van der Waals surface area contributed by atoms with Crippen molar-refractivity contribution in [1.29, 1.82) is 0 Å². The van der Waals surface area contributed by atoms with Crippen LogP contribution in [0.15, 0.2) is 24.3 Å². The van der Waals surface area contributed by atoms with E-state index in [1.165, 1.54) is 18.9 Å². The number of nitrogens with one attached hydrogen (secondary N) is 1. The maximum absolute atomic E-state index is 14.0. The number of hydrogen-bond donors (Lipinski definition) is 2. The molecule has 1 aromatic rings. The number of carbonyl (C=O) groups excluding carboxylic acids is 1. The Morgan fingerprint density at radius 2 is 1.85 bits per heavy atom. The zero-order valence-corrected chi connectivity index (χ0v) is 12.0. The second-order valence-electron chi connectivity index (χ2n) is 5.80. The molecule has 2 rings (SSSR count). The molecule has 1 fully saturated rings. The van der Waals surface area contributed by atoms with Crippen molar-refractivity contribution in [2.75, 3.05) is 0 Å². The van der Waals surface area contributed by atoms with E-state index in [0.29, 0.717) is 5.56 Å². The molecule has 1 aliphatic rings. The SMILES string of the molecule is CC(NC1CCCCCC1)(C(N)=O)c1ccccc1F. The summed E-state index contributed by atoms with van der Waals surface area (Å²) >= 11 is 0. The largest absolute Gasteiger partial charge is 0.368 e. The van der Waals surface area contributed by atoms with Gasteiger partial charge in [-0.1, -0.05) is 43.9 Å². The number of hydrogen-bond acceptors (Lipinski definition) is 2. The van der Waals surface area contributed by atoms with Crippen molar-refractivity contribution in [1.82, 2.24) is 5.32 Å². The third kappa shape index (κ3) is 3.18. The van der Waals surface area contributed by atoms with Gasteiger partial charge in [0.15, 0.2) is 0 Å². The van der Waals surface area contributed by atoms with E-state index in [9.17, 15) is 9.18 Å². The lowest BCUT2D eigenvalue weighted by Gasteiger charge is -2.33. The molecule has 0 aliphatic heterocycles. The first-order valence-electron chi connectivity index (χ1n) is 7.36. The van der Waals surface area contributed by atoms with Crippen LogP contribution in [0.1, 0.15) is 51.0 Å². The van der Waals surface area contributed by atoms with Gasteiger partial charge in [0.25, 0.3) is 0 Å². The Morgan fingerprint density at radius 1 is 1.25 bits per heavy atom. The molecule has 1 saturated carbocycles. The third-order valence-corrected chi connectivity index (χ3v) is 4.25. The van der Waals surface area contributed by atoms with Crippen molar-refractivity contribution in [2.45, 2.75) is 57.0 Å². The summed E-state index contributed by atoms with van der Waals surface area (Å²) in [6, 6.07) is 6.56. The minimum Gasteiger partial charge on any atom is -0.368 e. The van der Waals surface area contributed by atoms with Crippen molar-refractivity contribution in [3.8, 4) is 0 Å². The lowest BCUT2D eigenvalue weighted by atomic mass is 9.88. The van der Waals surface area contributed by atoms with Gasteiger partial charge in [-0.15, -0.1) is 0 Å². The average molecular weight is 278 g/mol. The minimum absolute atomic E-state index is 0.217. The molecule has 0 aromatic heterocycles. The van der Waals surface area contributed by atoms with Crippen LogP contribution in [-0.2, 0) is 10.3 Å². The molecule has 110 valence electrons. The highest BCUT2D eigenvalue weighted by Gasteiger charge is 2.37. The van der Waals surface area contributed by atoms with Crippen LogP contribution >= 0.6 is 0 Å². The number of benzene rings is 1. The van der Waals surface area contributed by atoms with Crippen molar-refractivity contribution >= 4 is 5.91 Å². The van der Waals surface area contributed by atoms with E-state index in [1.54, 1.807) is 25.1 Å². The van der Waals surface area contributed by atoms with Crippen LogP contribution in [-0.4, -0.2) is 11.9 Å². The fourth-order valence-electron chi connectivity index (χ4n) is 2.98. The smallest absolute Gasteiger partial charge is 0.242 e. The van der Waals surface area contributed by atoms with Crippen LogP contribution in [0.4, 0.5) is 4.39 Å². The Balaban J connectivity index is 2.25. The van der Waals surface area contributed by atoms with E-state index in [4.69, 9.17) is 5.73 Å². The summed E-state index contributed by atoms with van der Waals surface area (Å²) in [7, 11) is 0. The van der Waals surface area contributed by atoms with Crippen LogP contribution in [0.25, 0.3) is 0 Å². The van der Waals surface area contributed by atoms with Gasteiger partial charge in [0.05, 0.1) is 0 Å². The predicted octanol–water partition coefficient (Wildman–Crippen LogP) is 2.84. The highest BCUT2D eigenvalue weighted by atomic mass is 19.1. The van der Waals surface area contributed by atoms with Gasteiger partial charge in [0.1, 0.15) is 11.4 Å². The molecule has 1 unspecified atom stereocenters. The fourth-order valence-corrected chi connectivity index (χ4v) is 2.98. The molecule has 0 spiro atoms. The van der Waals surface area contributed by atoms with Crippen LogP contribution in [0.5, 0.6) is 0 Å². The molecule has 0 bridgehead atoms. The van der Waals surface area contributed by atoms with Gasteiger partial charge in [0.2, 0.25) is 5.91 Å². The zero-order chi connectivity index (χ0) is 14.6. The molecular formula is C16H23FN2O. The summed E-state index contributed by atoms with van der Waals surface area (Å²) in [6.07, 6.45) is 6.76. The Labute approximate surface area is 119 Å². The van der Waals surface area contributed by atoms with Gasteiger partial charge in [-0.3, -0.25) is 10.1 Å². The zero-order valence-electron chi connectivity index (χ0n) is 12.0. The molecule has 0 saturated heterocycles. The maximum atomic E-state index is 14.0. The normalized spacial score (nSPS) is 20.1. The summed E-state index contributed by atoms with van der Waals surface area (Å²) < 4.78 is 14.0. The molecule has 20 heavy (non-hydrogen) atoms. The van der Waals surface area contributed by atoms with E-state index in [0.717, 1.165) is 25.7 Å². The van der Waals surface area contributed by atoms with Crippen LogP contribution in [0.3, 0.4) is 0 Å². The highest BCUT2D eigenvalue weighted by molar-refractivity contribution is 5.85. The molecular weight excluding hydrogens is 255 g/mol. The Bertz CT molecular complexity index is 469. The van der Waals surface area contributed by atoms with E-state index in [-0.39, 0.29) is 6.04 Å². The quantitative estimate of drug-likeness (QED) is 0.832. The topological polar surface area (TPSA) is 55.1 Å². The first kappa shape index (κ1) is 15.0. The molecule has 4 heteroatoms. The molecule has 1 aliphatic carbocycles. The van der Waals surface area contributed by atoms with Crippen LogP contribution < -0.4 is 11.1 Å². The van der Waals surface area contributed by atoms with Crippen molar-refractivity contribution in [3.63, 3.8) is 0 Å². The van der Waals surface area contributed by atoms with Gasteiger partial charge in [0, 0.05) is 11.6 Å². The fraction of sp³-hybridized carbons (Fsp3) is 0.562. The van der Waals surface area contributed by atoms with E-state index < -0.39 is 17.3 Å². The van der Waals surface area contributed by atoms with Gasteiger partial charge in [-0.25, -0.2) is 4.39 Å². The van der Waals surface area contributed by atoms with E-state index in [1.807, 2.05) is 0 Å². The van der Waals surface area contributed by atoms with Gasteiger partial charge < -0.3 is 5.73 Å². The number of nitrogens with two attached hydrogens (primary N) is 1. The van der Waals surface area contributed by atoms with Crippen molar-refractivity contribution < 1.29 is 9.18 Å². The Hall–Kier alpha value is -1.42. The average Bonchev–Trinajstić information content (AvgIpc) is 2.67. The number of carbonyl (C=O) groups is 1. The molecule has 1 aromatic carbocycles. The minimum atomic E-state index is -1.15. The number of rotatable bonds is 4. The lowest BCUT2D eigenvalue weighted by Crippen LogP contribution is -2.54. The monoisotopic (exact) mass is 278 g/mol. The third-order valence-electron chi connectivity index (χ3n) is 4.25. The second-order valence-corrected chi connectivity index (χ2v) is 5.80. The maximum Gasteiger partial charge on any atom is 0.242 e. The van der Waals surface area contributed by atoms with Gasteiger partial charge in [-0.2, -0.15) is 0 Å². The summed E-state index contributed by atoms with van der Waals surface area (Å²) in [5.41, 5.74) is 4.74. The summed E-state index contributed by atoms with van der Waals surface area (Å²) in [5.74, 6) is -0.929. The second kappa shape index (κ2) is 6.35. The Morgan fingerprint density at radius 3 is 2.40 bits per heavy atom. The van der Waals surface area contributed by atoms with Gasteiger partial charge >= 0.3 is 0 Å². The van der Waals surface area contributed by atoms with Crippen molar-refractivity contribution in [2.24, 2.45) is 5.73 Å². The van der Waals surface area contributed by atoms with Crippen molar-refractivity contribution in [3.05, 3.63) is 35.6 Å². The molecule has 0 radical (unpaired) electrons. The number of primary amides is 1. The highest BCUT2D eigenvalue weighted by Crippen LogP contribution is 2.27. The van der Waals surface area contributed by atoms with Gasteiger partial charge in [-0.05, 0) is 25.8 Å². The first-order valence-corrected chi connectivity index (χ1v) is 7.36. The lowest BCUT2D eigenvalue weighted by molar-refractivity contribution is -0.124. The molecule has 3 nitrogen and oxygen atoms in total. The number of halogens is 1. The summed E-state index contributed by atoms with van der Waals surface area (Å²) in [5, 5.41) is 3.31. The van der Waals surface area contributed by atoms with Crippen LogP contribution in [0.2, 0.25) is 0 Å². The predicted molar refractivity (Wildman–Crippen MR) is 77.6 cm³/mol. The summed E-state index contributed by atoms with van der Waals surface area (Å²) in [6.45, 7) is 1.68. The standard InChI is InChI=1S/C16H23FN2O/c1-16(15(18)20,13-10-6-7-11-14(13)17)19-12-8-4-2-3-5-9-12/h6-7,10-12,19H,2-5,8-9H2,1H3,(H2,18,20). The van der Waals surface area contributed by atoms with Crippen LogP contribution in [0, 0.1) is 5.82 Å². The molecule has 1 atom stereocenters. The van der Waals surface area contributed by atoms with E-state index >= 15 is 0 Å². The molecule has 3 N–H and O–H groups in total. The molecule has 1 amide bonds. The molecule has 0 heterocycles. The summed E-state index contributed by atoms with van der Waals surface area (Å²) in [4.78, 5) is 11.9.